The maximum absolute atomic E-state index is 12.1. The largest absolute Gasteiger partial charge is 0.573 e. The molecule has 0 aliphatic heterocycles. The molecule has 0 aliphatic carbocycles. The van der Waals surface area contributed by atoms with Crippen LogP contribution in [0.15, 0.2) is 23.1 Å². The third kappa shape index (κ3) is 8.23. The van der Waals surface area contributed by atoms with E-state index in [1.807, 2.05) is 13.8 Å². The fraction of sp³-hybridized carbons (Fsp3) is 0.500. The van der Waals surface area contributed by atoms with E-state index in [4.69, 9.17) is 0 Å². The van der Waals surface area contributed by atoms with Gasteiger partial charge in [-0.1, -0.05) is 19.9 Å². The molecule has 0 spiro atoms. The molecule has 22 heavy (non-hydrogen) atoms. The molecule has 0 saturated carbocycles. The van der Waals surface area contributed by atoms with E-state index in [2.05, 4.69) is 4.74 Å². The summed E-state index contributed by atoms with van der Waals surface area (Å²) in [7, 11) is -2.29. The van der Waals surface area contributed by atoms with Gasteiger partial charge in [-0.25, -0.2) is 8.93 Å². The molecule has 10 heteroatoms. The highest BCUT2D eigenvalue weighted by Gasteiger charge is 2.32. The molecule has 0 radical (unpaired) electrons. The topological polar surface area (TPSA) is 38.3 Å². The Morgan fingerprint density at radius 3 is 2.14 bits per heavy atom. The summed E-state index contributed by atoms with van der Waals surface area (Å²) in [6.07, 6.45) is -9.52. The SMILES string of the molecule is CC.Cc1ccc(S(=O)NCC(F)(F)F)cc1OC(F)(F)F. The van der Waals surface area contributed by atoms with Crippen LogP contribution in [-0.2, 0) is 11.0 Å². The molecule has 0 amide bonds. The van der Waals surface area contributed by atoms with Crippen LogP contribution in [-0.4, -0.2) is 23.3 Å². The summed E-state index contributed by atoms with van der Waals surface area (Å²) >= 11 is 0. The van der Waals surface area contributed by atoms with Crippen molar-refractivity contribution >= 4 is 11.0 Å². The van der Waals surface area contributed by atoms with E-state index in [0.29, 0.717) is 0 Å². The van der Waals surface area contributed by atoms with Crippen molar-refractivity contribution in [1.29, 1.82) is 0 Å². The number of nitrogens with one attached hydrogen (secondary N) is 1. The third-order valence-corrected chi connectivity index (χ3v) is 3.09. The van der Waals surface area contributed by atoms with Crippen molar-refractivity contribution in [3.8, 4) is 5.75 Å². The average Bonchev–Trinajstić information content (AvgIpc) is 2.38. The molecular formula is C12H15F6NO2S. The molecule has 3 nitrogen and oxygen atoms in total. The van der Waals surface area contributed by atoms with Gasteiger partial charge in [0.2, 0.25) is 0 Å². The molecule has 1 unspecified atom stereocenters. The lowest BCUT2D eigenvalue weighted by atomic mass is 10.2. The predicted octanol–water partition coefficient (Wildman–Crippen LogP) is 4.09. The minimum Gasteiger partial charge on any atom is -0.405 e. The van der Waals surface area contributed by atoms with Crippen molar-refractivity contribution < 1.29 is 35.3 Å². The molecular weight excluding hydrogens is 336 g/mol. The van der Waals surface area contributed by atoms with E-state index in [1.54, 1.807) is 4.72 Å². The highest BCUT2D eigenvalue weighted by Crippen LogP contribution is 2.27. The van der Waals surface area contributed by atoms with E-state index < -0.39 is 35.8 Å². The van der Waals surface area contributed by atoms with E-state index in [9.17, 15) is 30.6 Å². The van der Waals surface area contributed by atoms with Crippen LogP contribution in [0.2, 0.25) is 0 Å². The van der Waals surface area contributed by atoms with Crippen LogP contribution < -0.4 is 9.46 Å². The van der Waals surface area contributed by atoms with Crippen LogP contribution in [0, 0.1) is 6.92 Å². The summed E-state index contributed by atoms with van der Waals surface area (Å²) in [5.74, 6) is -0.614. The van der Waals surface area contributed by atoms with Crippen LogP contribution in [0.4, 0.5) is 26.3 Å². The molecule has 1 N–H and O–H groups in total. The molecule has 1 aromatic rings. The summed E-state index contributed by atoms with van der Waals surface area (Å²) in [6.45, 7) is 3.79. The summed E-state index contributed by atoms with van der Waals surface area (Å²) in [6, 6.07) is 3.10. The number of hydrogen-bond donors (Lipinski definition) is 1. The van der Waals surface area contributed by atoms with Gasteiger partial charge in [-0.2, -0.15) is 13.2 Å². The van der Waals surface area contributed by atoms with Gasteiger partial charge in [-0.15, -0.1) is 13.2 Å². The number of hydrogen-bond acceptors (Lipinski definition) is 2. The van der Waals surface area contributed by atoms with E-state index >= 15 is 0 Å². The van der Waals surface area contributed by atoms with Crippen molar-refractivity contribution in [2.24, 2.45) is 0 Å². The Kier molecular flexibility index (Phi) is 7.88. The number of rotatable bonds is 4. The molecule has 0 fully saturated rings. The molecule has 1 rings (SSSR count). The number of ether oxygens (including phenoxy) is 1. The van der Waals surface area contributed by atoms with Crippen LogP contribution >= 0.6 is 0 Å². The van der Waals surface area contributed by atoms with Crippen LogP contribution in [0.1, 0.15) is 19.4 Å². The zero-order chi connectivity index (χ0) is 17.6. The molecule has 1 atom stereocenters. The minimum absolute atomic E-state index is 0.110. The Bertz CT molecular complexity index is 501. The fourth-order valence-electron chi connectivity index (χ4n) is 1.16. The molecule has 128 valence electrons. The van der Waals surface area contributed by atoms with Gasteiger partial charge in [0, 0.05) is 0 Å². The molecule has 0 bridgehead atoms. The highest BCUT2D eigenvalue weighted by molar-refractivity contribution is 7.83. The summed E-state index contributed by atoms with van der Waals surface area (Å²) in [5, 5.41) is 0. The zero-order valence-electron chi connectivity index (χ0n) is 11.9. The first kappa shape index (κ1) is 20.7. The van der Waals surface area contributed by atoms with Crippen molar-refractivity contribution in [2.45, 2.75) is 38.2 Å². The van der Waals surface area contributed by atoms with Crippen molar-refractivity contribution in [3.05, 3.63) is 23.8 Å². The molecule has 0 aromatic heterocycles. The van der Waals surface area contributed by atoms with Crippen molar-refractivity contribution in [2.75, 3.05) is 6.54 Å². The Morgan fingerprint density at radius 2 is 1.68 bits per heavy atom. The van der Waals surface area contributed by atoms with Crippen LogP contribution in [0.3, 0.4) is 0 Å². The van der Waals surface area contributed by atoms with Gasteiger partial charge >= 0.3 is 12.5 Å². The standard InChI is InChI=1S/C10H9F6NO2S.C2H6/c1-6-2-3-7(4-8(6)19-10(14,15)16)20(18)17-5-9(11,12)13;1-2/h2-4,17H,5H2,1H3;1-2H3. The minimum atomic E-state index is -4.94. The number of alkyl halides is 6. The van der Waals surface area contributed by atoms with Gasteiger partial charge in [0.05, 0.1) is 4.90 Å². The summed E-state index contributed by atoms with van der Waals surface area (Å²) < 4.78 is 88.9. The van der Waals surface area contributed by atoms with E-state index in [1.165, 1.54) is 13.0 Å². The number of benzene rings is 1. The summed E-state index contributed by atoms with van der Waals surface area (Å²) in [5.41, 5.74) is 0.110. The molecule has 0 aliphatic rings. The van der Waals surface area contributed by atoms with Crippen molar-refractivity contribution in [1.82, 2.24) is 4.72 Å². The van der Waals surface area contributed by atoms with Gasteiger partial charge in [0.15, 0.2) is 0 Å². The second kappa shape index (κ2) is 8.37. The van der Waals surface area contributed by atoms with Gasteiger partial charge in [0.1, 0.15) is 23.3 Å². The Hall–Kier alpha value is -1.29. The fourth-order valence-corrected chi connectivity index (χ4v) is 2.03. The predicted molar refractivity (Wildman–Crippen MR) is 69.7 cm³/mol. The second-order valence-corrected chi connectivity index (χ2v) is 4.98. The second-order valence-electron chi connectivity index (χ2n) is 3.68. The van der Waals surface area contributed by atoms with Crippen LogP contribution in [0.25, 0.3) is 0 Å². The molecule has 0 heterocycles. The smallest absolute Gasteiger partial charge is 0.405 e. The highest BCUT2D eigenvalue weighted by atomic mass is 32.2. The Labute approximate surface area is 126 Å². The third-order valence-electron chi connectivity index (χ3n) is 2.00. The van der Waals surface area contributed by atoms with Crippen molar-refractivity contribution in [3.63, 3.8) is 0 Å². The maximum atomic E-state index is 12.1. The van der Waals surface area contributed by atoms with E-state index in [0.717, 1.165) is 12.1 Å². The zero-order valence-corrected chi connectivity index (χ0v) is 12.7. The quantitative estimate of drug-likeness (QED) is 0.830. The lowest BCUT2D eigenvalue weighted by molar-refractivity contribution is -0.274. The van der Waals surface area contributed by atoms with Gasteiger partial charge in [-0.3, -0.25) is 0 Å². The van der Waals surface area contributed by atoms with E-state index in [-0.39, 0.29) is 10.5 Å². The summed E-state index contributed by atoms with van der Waals surface area (Å²) in [4.78, 5) is -0.251. The first-order valence-corrected chi connectivity index (χ1v) is 7.21. The first-order chi connectivity index (χ1) is 9.98. The Morgan fingerprint density at radius 1 is 1.14 bits per heavy atom. The lowest BCUT2D eigenvalue weighted by Gasteiger charge is -2.13. The Balaban J connectivity index is 0.00000211. The number of aryl methyl sites for hydroxylation is 1. The average molecular weight is 351 g/mol. The first-order valence-electron chi connectivity index (χ1n) is 6.06. The van der Waals surface area contributed by atoms with Gasteiger partial charge in [-0.05, 0) is 24.6 Å². The normalized spacial score (nSPS) is 13.1. The number of halogens is 6. The molecule has 1 aromatic carbocycles. The molecule has 0 saturated heterocycles. The van der Waals surface area contributed by atoms with Gasteiger partial charge < -0.3 is 4.74 Å². The monoisotopic (exact) mass is 351 g/mol. The van der Waals surface area contributed by atoms with Crippen LogP contribution in [0.5, 0.6) is 5.75 Å². The van der Waals surface area contributed by atoms with Gasteiger partial charge in [0.25, 0.3) is 0 Å². The lowest BCUT2D eigenvalue weighted by Crippen LogP contribution is -2.30. The maximum Gasteiger partial charge on any atom is 0.573 e.